The minimum absolute atomic E-state index is 0.364. The third-order valence-electron chi connectivity index (χ3n) is 3.67. The summed E-state index contributed by atoms with van der Waals surface area (Å²) in [4.78, 5) is 0. The summed E-state index contributed by atoms with van der Waals surface area (Å²) in [7, 11) is 0. The smallest absolute Gasteiger partial charge is 0.165 e. The third-order valence-corrected chi connectivity index (χ3v) is 3.67. The molecule has 0 bridgehead atoms. The molecular weight excluding hydrogens is 344 g/mol. The van der Waals surface area contributed by atoms with Crippen LogP contribution in [0.3, 0.4) is 0 Å². The Morgan fingerprint density at radius 3 is 2.07 bits per heavy atom. The third kappa shape index (κ3) is 14.1. The number of ether oxygens (including phenoxy) is 4. The maximum absolute atomic E-state index is 9.17. The second-order valence-electron chi connectivity index (χ2n) is 6.09. The molecular formula is C21H34N2O4. The molecule has 0 N–H and O–H groups in total. The number of rotatable bonds is 15. The molecule has 0 aliphatic rings. The molecule has 0 aromatic heterocycles. The first-order chi connectivity index (χ1) is 13.0. The molecule has 0 heterocycles. The van der Waals surface area contributed by atoms with Crippen LogP contribution in [0.4, 0.5) is 0 Å². The number of hydrogen-bond donors (Lipinski definition) is 0. The van der Waals surface area contributed by atoms with Crippen LogP contribution in [0.25, 0.3) is 0 Å². The summed E-state index contributed by atoms with van der Waals surface area (Å²) in [6.45, 7) is 10.5. The fraction of sp³-hybridized carbons (Fsp3) is 0.714. The van der Waals surface area contributed by atoms with E-state index in [4.69, 9.17) is 29.5 Å². The molecule has 0 spiro atoms. The van der Waals surface area contributed by atoms with Gasteiger partial charge in [-0.1, -0.05) is 17.7 Å². The highest BCUT2D eigenvalue weighted by molar-refractivity contribution is 5.10. The standard InChI is InChI=1S/C21H34N2O4/c1-6-24-18(4)26-20(15-22)13-11-9-8-10-12-17(3)14-21(16-23)27-19(5)25-7-2/h8-9,14,18-21H,6-7,10-13H2,1-5H3/b9-8+,17-14+. The molecule has 0 amide bonds. The molecule has 6 nitrogen and oxygen atoms in total. The van der Waals surface area contributed by atoms with E-state index in [2.05, 4.69) is 24.3 Å². The van der Waals surface area contributed by atoms with E-state index < -0.39 is 18.5 Å². The van der Waals surface area contributed by atoms with Gasteiger partial charge in [-0.25, -0.2) is 0 Å². The maximum atomic E-state index is 9.17. The Morgan fingerprint density at radius 1 is 0.926 bits per heavy atom. The van der Waals surface area contributed by atoms with Crippen LogP contribution in [-0.2, 0) is 18.9 Å². The minimum Gasteiger partial charge on any atom is -0.353 e. The maximum Gasteiger partial charge on any atom is 0.165 e. The van der Waals surface area contributed by atoms with Crippen molar-refractivity contribution in [2.24, 2.45) is 0 Å². The molecule has 0 aromatic rings. The van der Waals surface area contributed by atoms with Gasteiger partial charge in [-0.2, -0.15) is 10.5 Å². The lowest BCUT2D eigenvalue weighted by atomic mass is 10.1. The van der Waals surface area contributed by atoms with Crippen molar-refractivity contribution in [1.82, 2.24) is 0 Å². The van der Waals surface area contributed by atoms with Crippen LogP contribution in [-0.4, -0.2) is 38.0 Å². The predicted molar refractivity (Wildman–Crippen MR) is 105 cm³/mol. The molecule has 0 saturated carbocycles. The van der Waals surface area contributed by atoms with Gasteiger partial charge < -0.3 is 18.9 Å². The van der Waals surface area contributed by atoms with Crippen LogP contribution < -0.4 is 0 Å². The van der Waals surface area contributed by atoms with Crippen LogP contribution >= 0.6 is 0 Å². The van der Waals surface area contributed by atoms with Crippen LogP contribution in [0.5, 0.6) is 0 Å². The first kappa shape index (κ1) is 25.3. The van der Waals surface area contributed by atoms with Gasteiger partial charge in [0.1, 0.15) is 6.10 Å². The molecule has 0 aliphatic heterocycles. The van der Waals surface area contributed by atoms with Crippen molar-refractivity contribution in [1.29, 1.82) is 10.5 Å². The Morgan fingerprint density at radius 2 is 1.52 bits per heavy atom. The second-order valence-corrected chi connectivity index (χ2v) is 6.09. The summed E-state index contributed by atoms with van der Waals surface area (Å²) in [6, 6.07) is 4.28. The Balaban J connectivity index is 4.15. The van der Waals surface area contributed by atoms with Gasteiger partial charge in [-0.05, 0) is 66.4 Å². The molecule has 4 unspecified atom stereocenters. The quantitative estimate of drug-likeness (QED) is 0.305. The Bertz CT molecular complexity index is 519. The van der Waals surface area contributed by atoms with Crippen molar-refractivity contribution in [3.63, 3.8) is 0 Å². The Hall–Kier alpha value is -1.70. The first-order valence-electron chi connectivity index (χ1n) is 9.62. The van der Waals surface area contributed by atoms with E-state index in [9.17, 15) is 0 Å². The van der Waals surface area contributed by atoms with E-state index in [1.807, 2.05) is 26.8 Å². The molecule has 0 aliphatic carbocycles. The van der Waals surface area contributed by atoms with Crippen LogP contribution in [0.1, 0.15) is 60.3 Å². The molecule has 27 heavy (non-hydrogen) atoms. The lowest BCUT2D eigenvalue weighted by Gasteiger charge is -2.16. The Labute approximate surface area is 164 Å². The topological polar surface area (TPSA) is 84.5 Å². The van der Waals surface area contributed by atoms with Crippen molar-refractivity contribution >= 4 is 0 Å². The average Bonchev–Trinajstić information content (AvgIpc) is 2.63. The summed E-state index contributed by atoms with van der Waals surface area (Å²) < 4.78 is 21.6. The van der Waals surface area contributed by atoms with E-state index in [0.29, 0.717) is 19.6 Å². The van der Waals surface area contributed by atoms with Gasteiger partial charge in [0.2, 0.25) is 0 Å². The van der Waals surface area contributed by atoms with Crippen LogP contribution in [0.2, 0.25) is 0 Å². The summed E-state index contributed by atoms with van der Waals surface area (Å²) in [5.74, 6) is 0. The highest BCUT2D eigenvalue weighted by atomic mass is 16.7. The van der Waals surface area contributed by atoms with Gasteiger partial charge in [-0.15, -0.1) is 0 Å². The fourth-order valence-electron chi connectivity index (χ4n) is 2.39. The SMILES string of the molecule is CCOC(C)OC(C#N)/C=C(\C)CC/C=C/CCC(C#N)OC(C)OCC. The van der Waals surface area contributed by atoms with E-state index >= 15 is 0 Å². The van der Waals surface area contributed by atoms with E-state index in [0.717, 1.165) is 24.8 Å². The lowest BCUT2D eigenvalue weighted by Crippen LogP contribution is -2.20. The molecule has 0 rings (SSSR count). The van der Waals surface area contributed by atoms with Crippen molar-refractivity contribution in [2.75, 3.05) is 13.2 Å². The summed E-state index contributed by atoms with van der Waals surface area (Å²) in [5, 5.41) is 18.3. The van der Waals surface area contributed by atoms with Gasteiger partial charge in [0.25, 0.3) is 0 Å². The average molecular weight is 379 g/mol. The van der Waals surface area contributed by atoms with Gasteiger partial charge >= 0.3 is 0 Å². The number of allylic oxidation sites excluding steroid dienone is 3. The zero-order chi connectivity index (χ0) is 20.5. The highest BCUT2D eigenvalue weighted by Crippen LogP contribution is 2.11. The van der Waals surface area contributed by atoms with Crippen molar-refractivity contribution in [3.8, 4) is 12.1 Å². The monoisotopic (exact) mass is 378 g/mol. The molecule has 4 atom stereocenters. The largest absolute Gasteiger partial charge is 0.353 e. The normalized spacial score (nSPS) is 16.5. The molecule has 0 aromatic carbocycles. The number of hydrogen-bond acceptors (Lipinski definition) is 6. The van der Waals surface area contributed by atoms with Crippen molar-refractivity contribution < 1.29 is 18.9 Å². The molecule has 0 saturated heterocycles. The van der Waals surface area contributed by atoms with E-state index in [1.165, 1.54) is 0 Å². The minimum atomic E-state index is -0.601. The lowest BCUT2D eigenvalue weighted by molar-refractivity contribution is -0.144. The predicted octanol–water partition coefficient (Wildman–Crippen LogP) is 4.63. The Kier molecular flexibility index (Phi) is 15.4. The zero-order valence-electron chi connectivity index (χ0n) is 17.3. The second kappa shape index (κ2) is 16.5. The van der Waals surface area contributed by atoms with Crippen LogP contribution in [0, 0.1) is 22.7 Å². The number of nitriles is 2. The van der Waals surface area contributed by atoms with Gasteiger partial charge in [0.15, 0.2) is 18.7 Å². The summed E-state index contributed by atoms with van der Waals surface area (Å²) >= 11 is 0. The molecule has 0 fully saturated rings. The molecule has 6 heteroatoms. The van der Waals surface area contributed by atoms with Crippen molar-refractivity contribution in [2.45, 2.75) is 85.1 Å². The molecule has 152 valence electrons. The number of nitrogens with zero attached hydrogens (tertiary/aromatic N) is 2. The fourth-order valence-corrected chi connectivity index (χ4v) is 2.39. The zero-order valence-corrected chi connectivity index (χ0v) is 17.3. The van der Waals surface area contributed by atoms with E-state index in [-0.39, 0.29) is 6.29 Å². The van der Waals surface area contributed by atoms with Gasteiger partial charge in [-0.3, -0.25) is 0 Å². The highest BCUT2D eigenvalue weighted by Gasteiger charge is 2.12. The first-order valence-corrected chi connectivity index (χ1v) is 9.62. The van der Waals surface area contributed by atoms with E-state index in [1.54, 1.807) is 13.8 Å². The van der Waals surface area contributed by atoms with Crippen LogP contribution in [0.15, 0.2) is 23.8 Å². The summed E-state index contributed by atoms with van der Waals surface area (Å²) in [5.41, 5.74) is 1.10. The van der Waals surface area contributed by atoms with Gasteiger partial charge in [0, 0.05) is 13.2 Å². The summed E-state index contributed by atoms with van der Waals surface area (Å²) in [6.07, 6.45) is 7.28. The molecule has 0 radical (unpaired) electrons. The van der Waals surface area contributed by atoms with Gasteiger partial charge in [0.05, 0.1) is 12.1 Å². The van der Waals surface area contributed by atoms with Crippen molar-refractivity contribution in [3.05, 3.63) is 23.8 Å².